The Labute approximate surface area is 149 Å². The van der Waals surface area contributed by atoms with Gasteiger partial charge in [-0.25, -0.2) is 0 Å². The SMILES string of the molecule is Cl.O=C(Nc1cccc(I)c1)c1ccn(C2CCCNC2)n1. The van der Waals surface area contributed by atoms with Gasteiger partial charge in [-0.1, -0.05) is 6.07 Å². The molecule has 22 heavy (non-hydrogen) atoms. The molecule has 5 nitrogen and oxygen atoms in total. The largest absolute Gasteiger partial charge is 0.321 e. The van der Waals surface area contributed by atoms with Crippen LogP contribution in [-0.2, 0) is 0 Å². The summed E-state index contributed by atoms with van der Waals surface area (Å²) in [5.74, 6) is -0.167. The van der Waals surface area contributed by atoms with Crippen molar-refractivity contribution in [3.63, 3.8) is 0 Å². The molecule has 1 aromatic carbocycles. The second-order valence-corrected chi connectivity index (χ2v) is 6.39. The van der Waals surface area contributed by atoms with Crippen LogP contribution in [0.15, 0.2) is 36.5 Å². The van der Waals surface area contributed by atoms with Crippen LogP contribution in [0.5, 0.6) is 0 Å². The summed E-state index contributed by atoms with van der Waals surface area (Å²) in [4.78, 5) is 12.2. The topological polar surface area (TPSA) is 59.0 Å². The molecule has 0 radical (unpaired) electrons. The zero-order chi connectivity index (χ0) is 14.7. The first-order valence-corrected chi connectivity index (χ1v) is 8.13. The number of nitrogens with one attached hydrogen (secondary N) is 2. The first kappa shape index (κ1) is 17.2. The number of benzene rings is 1. The number of halogens is 2. The molecule has 1 saturated heterocycles. The van der Waals surface area contributed by atoms with E-state index in [4.69, 9.17) is 0 Å². The van der Waals surface area contributed by atoms with E-state index >= 15 is 0 Å². The fourth-order valence-corrected chi connectivity index (χ4v) is 3.03. The second kappa shape index (κ2) is 7.94. The van der Waals surface area contributed by atoms with Crippen molar-refractivity contribution in [1.82, 2.24) is 15.1 Å². The second-order valence-electron chi connectivity index (χ2n) is 5.15. The number of aromatic nitrogens is 2. The van der Waals surface area contributed by atoms with E-state index < -0.39 is 0 Å². The van der Waals surface area contributed by atoms with Crippen LogP contribution in [0.1, 0.15) is 29.4 Å². The van der Waals surface area contributed by atoms with Gasteiger partial charge in [0.25, 0.3) is 5.91 Å². The number of nitrogens with zero attached hydrogens (tertiary/aromatic N) is 2. The van der Waals surface area contributed by atoms with Crippen molar-refractivity contribution in [2.75, 3.05) is 18.4 Å². The van der Waals surface area contributed by atoms with Crippen LogP contribution in [0.3, 0.4) is 0 Å². The maximum atomic E-state index is 12.2. The Bertz CT molecular complexity index is 640. The summed E-state index contributed by atoms with van der Waals surface area (Å²) < 4.78 is 2.99. The molecular formula is C15H18ClIN4O. The minimum absolute atomic E-state index is 0. The normalized spacial score (nSPS) is 17.6. The molecule has 2 aromatic rings. The number of rotatable bonds is 3. The van der Waals surface area contributed by atoms with Gasteiger partial charge in [0.1, 0.15) is 0 Å². The van der Waals surface area contributed by atoms with E-state index in [1.54, 1.807) is 6.07 Å². The zero-order valence-electron chi connectivity index (χ0n) is 12.0. The van der Waals surface area contributed by atoms with Crippen LogP contribution in [0.25, 0.3) is 0 Å². The summed E-state index contributed by atoms with van der Waals surface area (Å²) in [5, 5.41) is 10.7. The van der Waals surface area contributed by atoms with Crippen LogP contribution >= 0.6 is 35.0 Å². The third kappa shape index (κ3) is 4.21. The monoisotopic (exact) mass is 432 g/mol. The van der Waals surface area contributed by atoms with E-state index in [9.17, 15) is 4.79 Å². The number of carbonyl (C=O) groups excluding carboxylic acids is 1. The quantitative estimate of drug-likeness (QED) is 0.733. The Morgan fingerprint density at radius 2 is 2.27 bits per heavy atom. The Kier molecular flexibility index (Phi) is 6.22. The molecule has 0 saturated carbocycles. The molecule has 2 N–H and O–H groups in total. The lowest BCUT2D eigenvalue weighted by Crippen LogP contribution is -2.32. The highest BCUT2D eigenvalue weighted by Crippen LogP contribution is 2.17. The van der Waals surface area contributed by atoms with Crippen molar-refractivity contribution in [3.05, 3.63) is 45.8 Å². The van der Waals surface area contributed by atoms with Crippen LogP contribution in [0.4, 0.5) is 5.69 Å². The van der Waals surface area contributed by atoms with Gasteiger partial charge in [0, 0.05) is 22.0 Å². The highest BCUT2D eigenvalue weighted by atomic mass is 127. The number of piperidine rings is 1. The minimum atomic E-state index is -0.167. The fraction of sp³-hybridized carbons (Fsp3) is 0.333. The number of anilines is 1. The number of hydrogen-bond acceptors (Lipinski definition) is 3. The number of hydrogen-bond donors (Lipinski definition) is 2. The summed E-state index contributed by atoms with van der Waals surface area (Å²) in [6, 6.07) is 9.84. The molecule has 1 amide bonds. The van der Waals surface area contributed by atoms with Crippen molar-refractivity contribution in [1.29, 1.82) is 0 Å². The smallest absolute Gasteiger partial charge is 0.276 e. The molecule has 1 aromatic heterocycles. The van der Waals surface area contributed by atoms with Gasteiger partial charge in [-0.3, -0.25) is 9.48 Å². The third-order valence-corrected chi connectivity index (χ3v) is 4.24. The fourth-order valence-electron chi connectivity index (χ4n) is 2.48. The lowest BCUT2D eigenvalue weighted by Gasteiger charge is -2.22. The summed E-state index contributed by atoms with van der Waals surface area (Å²) >= 11 is 2.22. The summed E-state index contributed by atoms with van der Waals surface area (Å²) in [6.07, 6.45) is 4.14. The maximum Gasteiger partial charge on any atom is 0.276 e. The van der Waals surface area contributed by atoms with Gasteiger partial charge in [-0.2, -0.15) is 5.10 Å². The van der Waals surface area contributed by atoms with Gasteiger partial charge in [0.2, 0.25) is 0 Å². The first-order chi connectivity index (χ1) is 10.2. The molecule has 2 heterocycles. The van der Waals surface area contributed by atoms with Gasteiger partial charge >= 0.3 is 0 Å². The van der Waals surface area contributed by atoms with Crippen molar-refractivity contribution < 1.29 is 4.79 Å². The molecule has 1 aliphatic rings. The van der Waals surface area contributed by atoms with Gasteiger partial charge < -0.3 is 10.6 Å². The highest BCUT2D eigenvalue weighted by molar-refractivity contribution is 14.1. The number of carbonyl (C=O) groups is 1. The molecular weight excluding hydrogens is 415 g/mol. The third-order valence-electron chi connectivity index (χ3n) is 3.57. The molecule has 118 valence electrons. The molecule has 0 bridgehead atoms. The molecule has 0 aliphatic carbocycles. The van der Waals surface area contributed by atoms with Crippen LogP contribution in [-0.4, -0.2) is 28.8 Å². The summed E-state index contributed by atoms with van der Waals surface area (Å²) in [5.41, 5.74) is 1.25. The lowest BCUT2D eigenvalue weighted by atomic mass is 10.1. The van der Waals surface area contributed by atoms with Gasteiger partial charge in [0.05, 0.1) is 6.04 Å². The van der Waals surface area contributed by atoms with E-state index in [2.05, 4.69) is 38.3 Å². The summed E-state index contributed by atoms with van der Waals surface area (Å²) in [7, 11) is 0. The molecule has 1 unspecified atom stereocenters. The van der Waals surface area contributed by atoms with Gasteiger partial charge in [0.15, 0.2) is 5.69 Å². The zero-order valence-corrected chi connectivity index (χ0v) is 14.9. The van der Waals surface area contributed by atoms with E-state index in [-0.39, 0.29) is 18.3 Å². The molecule has 1 aliphatic heterocycles. The highest BCUT2D eigenvalue weighted by Gasteiger charge is 2.17. The van der Waals surface area contributed by atoms with Gasteiger partial charge in [-0.15, -0.1) is 12.4 Å². The van der Waals surface area contributed by atoms with E-state index in [1.165, 1.54) is 0 Å². The van der Waals surface area contributed by atoms with Crippen molar-refractivity contribution in [3.8, 4) is 0 Å². The minimum Gasteiger partial charge on any atom is -0.321 e. The van der Waals surface area contributed by atoms with Crippen molar-refractivity contribution >= 4 is 46.6 Å². The maximum absolute atomic E-state index is 12.2. The van der Waals surface area contributed by atoms with E-state index in [0.717, 1.165) is 35.2 Å². The predicted octanol–water partition coefficient (Wildman–Crippen LogP) is 3.09. The van der Waals surface area contributed by atoms with Crippen molar-refractivity contribution in [2.24, 2.45) is 0 Å². The average molecular weight is 433 g/mol. The Balaban J connectivity index is 0.00000176. The molecule has 1 fully saturated rings. The first-order valence-electron chi connectivity index (χ1n) is 7.05. The molecule has 0 spiro atoms. The standard InChI is InChI=1S/C15H17IN4O.ClH/c16-11-3-1-4-12(9-11)18-15(21)14-6-8-20(19-14)13-5-2-7-17-10-13;/h1,3-4,6,8-9,13,17H,2,5,7,10H2,(H,18,21);1H. The van der Waals surface area contributed by atoms with Crippen LogP contribution < -0.4 is 10.6 Å². The molecule has 7 heteroatoms. The van der Waals surface area contributed by atoms with Crippen LogP contribution in [0, 0.1) is 3.57 Å². The Morgan fingerprint density at radius 1 is 1.41 bits per heavy atom. The Morgan fingerprint density at radius 3 is 3.00 bits per heavy atom. The number of amides is 1. The predicted molar refractivity (Wildman–Crippen MR) is 97.7 cm³/mol. The summed E-state index contributed by atoms with van der Waals surface area (Å²) in [6.45, 7) is 1.98. The lowest BCUT2D eigenvalue weighted by molar-refractivity contribution is 0.102. The molecule has 1 atom stereocenters. The van der Waals surface area contributed by atoms with Crippen molar-refractivity contribution in [2.45, 2.75) is 18.9 Å². The molecule has 3 rings (SSSR count). The average Bonchev–Trinajstić information content (AvgIpc) is 2.98. The Hall–Kier alpha value is -1.12. The van der Waals surface area contributed by atoms with E-state index in [1.807, 2.05) is 35.1 Å². The van der Waals surface area contributed by atoms with E-state index in [0.29, 0.717) is 11.7 Å². The van der Waals surface area contributed by atoms with Gasteiger partial charge in [-0.05, 0) is 66.2 Å². The van der Waals surface area contributed by atoms with Crippen LogP contribution in [0.2, 0.25) is 0 Å².